The van der Waals surface area contributed by atoms with E-state index in [1.165, 1.54) is 45.6 Å². The Morgan fingerprint density at radius 1 is 1.00 bits per heavy atom. The summed E-state index contributed by atoms with van der Waals surface area (Å²) in [4.78, 5) is 5.08. The number of hydrogen-bond acceptors (Lipinski definition) is 3. The Morgan fingerprint density at radius 3 is 2.13 bits per heavy atom. The van der Waals surface area contributed by atoms with Gasteiger partial charge in [0.25, 0.3) is 0 Å². The zero-order valence-electron chi connectivity index (χ0n) is 10.4. The smallest absolute Gasteiger partial charge is 0.0167 e. The molecule has 0 spiro atoms. The minimum Gasteiger partial charge on any atom is -0.327 e. The van der Waals surface area contributed by atoms with Crippen LogP contribution in [0.1, 0.15) is 33.1 Å². The lowest BCUT2D eigenvalue weighted by atomic mass is 10.1. The molecule has 0 radical (unpaired) electrons. The highest BCUT2D eigenvalue weighted by atomic mass is 15.3. The molecule has 3 heteroatoms. The molecule has 0 unspecified atom stereocenters. The predicted molar refractivity (Wildman–Crippen MR) is 66.1 cm³/mol. The van der Waals surface area contributed by atoms with E-state index in [1.807, 2.05) is 0 Å². The average Bonchev–Trinajstić information content (AvgIpc) is 2.22. The molecule has 3 nitrogen and oxygen atoms in total. The molecule has 0 aromatic heterocycles. The van der Waals surface area contributed by atoms with E-state index < -0.39 is 0 Å². The van der Waals surface area contributed by atoms with Gasteiger partial charge in [-0.1, -0.05) is 20.3 Å². The minimum atomic E-state index is 0.382. The summed E-state index contributed by atoms with van der Waals surface area (Å²) >= 11 is 0. The Morgan fingerprint density at radius 2 is 1.60 bits per heavy atom. The van der Waals surface area contributed by atoms with Crippen molar-refractivity contribution in [3.8, 4) is 0 Å². The molecule has 1 saturated heterocycles. The van der Waals surface area contributed by atoms with Crippen molar-refractivity contribution in [2.75, 3.05) is 39.3 Å². The monoisotopic (exact) mass is 213 g/mol. The van der Waals surface area contributed by atoms with E-state index in [0.717, 1.165) is 13.0 Å². The lowest BCUT2D eigenvalue weighted by molar-refractivity contribution is 0.126. The molecule has 0 aromatic carbocycles. The van der Waals surface area contributed by atoms with Crippen LogP contribution >= 0.6 is 0 Å². The summed E-state index contributed by atoms with van der Waals surface area (Å²) < 4.78 is 0. The topological polar surface area (TPSA) is 32.5 Å². The van der Waals surface area contributed by atoms with Gasteiger partial charge >= 0.3 is 0 Å². The van der Waals surface area contributed by atoms with Crippen molar-refractivity contribution in [1.82, 2.24) is 9.80 Å². The Balaban J connectivity index is 2.14. The molecular formula is C12H27N3. The molecule has 1 fully saturated rings. The zero-order valence-corrected chi connectivity index (χ0v) is 10.4. The summed E-state index contributed by atoms with van der Waals surface area (Å²) in [6.07, 6.45) is 3.64. The second kappa shape index (κ2) is 7.20. The van der Waals surface area contributed by atoms with Gasteiger partial charge in [-0.05, 0) is 19.4 Å². The molecule has 1 aliphatic rings. The first kappa shape index (κ1) is 12.9. The molecule has 0 saturated carbocycles. The molecule has 1 rings (SSSR count). The molecule has 90 valence electrons. The number of nitrogens with zero attached hydrogens (tertiary/aromatic N) is 2. The molecule has 2 N–H and O–H groups in total. The van der Waals surface area contributed by atoms with Crippen LogP contribution in [0.5, 0.6) is 0 Å². The van der Waals surface area contributed by atoms with Gasteiger partial charge in [0.1, 0.15) is 0 Å². The van der Waals surface area contributed by atoms with Gasteiger partial charge in [0, 0.05) is 38.8 Å². The van der Waals surface area contributed by atoms with Gasteiger partial charge in [-0.25, -0.2) is 0 Å². The van der Waals surface area contributed by atoms with Crippen LogP contribution in [0, 0.1) is 0 Å². The summed E-state index contributed by atoms with van der Waals surface area (Å²) in [5, 5.41) is 0. The quantitative estimate of drug-likeness (QED) is 0.718. The third kappa shape index (κ3) is 4.96. The second-order valence-corrected chi connectivity index (χ2v) is 4.69. The van der Waals surface area contributed by atoms with Crippen molar-refractivity contribution in [2.45, 2.75) is 39.2 Å². The summed E-state index contributed by atoms with van der Waals surface area (Å²) in [5.74, 6) is 0. The SMILES string of the molecule is CCC[C@H](N)CN1CCN(CCC)CC1. The number of piperazine rings is 1. The maximum Gasteiger partial charge on any atom is 0.0167 e. The van der Waals surface area contributed by atoms with Crippen LogP contribution in [0.3, 0.4) is 0 Å². The largest absolute Gasteiger partial charge is 0.327 e. The third-order valence-corrected chi connectivity index (χ3v) is 3.16. The second-order valence-electron chi connectivity index (χ2n) is 4.69. The van der Waals surface area contributed by atoms with Crippen molar-refractivity contribution in [3.05, 3.63) is 0 Å². The first-order valence-corrected chi connectivity index (χ1v) is 6.46. The fourth-order valence-electron chi connectivity index (χ4n) is 2.31. The summed E-state index contributed by atoms with van der Waals surface area (Å²) in [6, 6.07) is 0.382. The molecule has 0 aliphatic carbocycles. The van der Waals surface area contributed by atoms with Gasteiger partial charge in [-0.2, -0.15) is 0 Å². The highest BCUT2D eigenvalue weighted by Gasteiger charge is 2.17. The maximum absolute atomic E-state index is 6.05. The molecule has 1 atom stereocenters. The highest BCUT2D eigenvalue weighted by Crippen LogP contribution is 2.04. The van der Waals surface area contributed by atoms with Crippen LogP contribution in [0.15, 0.2) is 0 Å². The van der Waals surface area contributed by atoms with Gasteiger partial charge in [0.05, 0.1) is 0 Å². The van der Waals surface area contributed by atoms with Crippen LogP contribution in [-0.2, 0) is 0 Å². The van der Waals surface area contributed by atoms with E-state index in [1.54, 1.807) is 0 Å². The third-order valence-electron chi connectivity index (χ3n) is 3.16. The summed E-state index contributed by atoms with van der Waals surface area (Å²) in [7, 11) is 0. The van der Waals surface area contributed by atoms with Crippen LogP contribution in [-0.4, -0.2) is 55.1 Å². The highest BCUT2D eigenvalue weighted by molar-refractivity contribution is 4.75. The predicted octanol–water partition coefficient (Wildman–Crippen LogP) is 1.14. The summed E-state index contributed by atoms with van der Waals surface area (Å²) in [5.41, 5.74) is 6.05. The van der Waals surface area contributed by atoms with Crippen molar-refractivity contribution in [3.63, 3.8) is 0 Å². The Hall–Kier alpha value is -0.120. The number of hydrogen-bond donors (Lipinski definition) is 1. The molecular weight excluding hydrogens is 186 g/mol. The van der Waals surface area contributed by atoms with Gasteiger partial charge in [-0.3, -0.25) is 4.90 Å². The zero-order chi connectivity index (χ0) is 11.1. The number of rotatable bonds is 6. The molecule has 0 aromatic rings. The Bertz CT molecular complexity index is 153. The van der Waals surface area contributed by atoms with E-state index in [4.69, 9.17) is 5.73 Å². The van der Waals surface area contributed by atoms with Gasteiger partial charge in [0.15, 0.2) is 0 Å². The number of nitrogens with two attached hydrogens (primary N) is 1. The van der Waals surface area contributed by atoms with E-state index >= 15 is 0 Å². The fraction of sp³-hybridized carbons (Fsp3) is 1.00. The standard InChI is InChI=1S/C12H27N3/c1-3-5-12(13)11-15-9-7-14(6-4-2)8-10-15/h12H,3-11,13H2,1-2H3/t12-/m0/s1. The van der Waals surface area contributed by atoms with Crippen molar-refractivity contribution < 1.29 is 0 Å². The Labute approximate surface area is 94.6 Å². The molecule has 0 amide bonds. The molecule has 1 heterocycles. The van der Waals surface area contributed by atoms with E-state index in [0.29, 0.717) is 6.04 Å². The fourth-order valence-corrected chi connectivity index (χ4v) is 2.31. The van der Waals surface area contributed by atoms with Gasteiger partial charge in [0.2, 0.25) is 0 Å². The van der Waals surface area contributed by atoms with Crippen molar-refractivity contribution in [1.29, 1.82) is 0 Å². The van der Waals surface area contributed by atoms with Gasteiger partial charge in [-0.15, -0.1) is 0 Å². The van der Waals surface area contributed by atoms with Crippen LogP contribution in [0.2, 0.25) is 0 Å². The maximum atomic E-state index is 6.05. The minimum absolute atomic E-state index is 0.382. The van der Waals surface area contributed by atoms with E-state index in [2.05, 4.69) is 23.6 Å². The first-order chi connectivity index (χ1) is 7.26. The van der Waals surface area contributed by atoms with E-state index in [9.17, 15) is 0 Å². The van der Waals surface area contributed by atoms with Crippen molar-refractivity contribution >= 4 is 0 Å². The van der Waals surface area contributed by atoms with Crippen LogP contribution in [0.25, 0.3) is 0 Å². The molecule has 15 heavy (non-hydrogen) atoms. The van der Waals surface area contributed by atoms with Crippen LogP contribution < -0.4 is 5.73 Å². The lowest BCUT2D eigenvalue weighted by Gasteiger charge is -2.35. The molecule has 1 aliphatic heterocycles. The summed E-state index contributed by atoms with van der Waals surface area (Å²) in [6.45, 7) is 11.7. The van der Waals surface area contributed by atoms with Gasteiger partial charge < -0.3 is 10.6 Å². The first-order valence-electron chi connectivity index (χ1n) is 6.46. The van der Waals surface area contributed by atoms with E-state index in [-0.39, 0.29) is 0 Å². The lowest BCUT2D eigenvalue weighted by Crippen LogP contribution is -2.49. The average molecular weight is 213 g/mol. The van der Waals surface area contributed by atoms with Crippen LogP contribution in [0.4, 0.5) is 0 Å². The van der Waals surface area contributed by atoms with Crippen molar-refractivity contribution in [2.24, 2.45) is 5.73 Å². The normalized spacial score (nSPS) is 21.8. The Kier molecular flexibility index (Phi) is 6.22. The molecule has 0 bridgehead atoms.